The molecular formula is C81H92N16O12S2. The van der Waals surface area contributed by atoms with Gasteiger partial charge in [0.2, 0.25) is 29.5 Å². The highest BCUT2D eigenvalue weighted by atomic mass is 32.2. The van der Waals surface area contributed by atoms with Crippen molar-refractivity contribution < 1.29 is 53.0 Å². The van der Waals surface area contributed by atoms with E-state index in [-0.39, 0.29) is 143 Å². The molecule has 111 heavy (non-hydrogen) atoms. The third-order valence-corrected chi connectivity index (χ3v) is 23.8. The van der Waals surface area contributed by atoms with E-state index in [4.69, 9.17) is 20.3 Å². The first-order chi connectivity index (χ1) is 53.9. The fourth-order valence-electron chi connectivity index (χ4n) is 15.2. The van der Waals surface area contributed by atoms with Crippen molar-refractivity contribution in [2.24, 2.45) is 0 Å². The summed E-state index contributed by atoms with van der Waals surface area (Å²) in [5.74, 6) is -0.424. The molecule has 4 fully saturated rings. The molecular weight excluding hydrogens is 1450 g/mol. The maximum Gasteiger partial charge on any atom is 0.336 e. The van der Waals surface area contributed by atoms with Crippen molar-refractivity contribution in [2.45, 2.75) is 163 Å². The van der Waals surface area contributed by atoms with E-state index in [0.29, 0.717) is 145 Å². The molecule has 0 bridgehead atoms. The Morgan fingerprint density at radius 3 is 1.80 bits per heavy atom. The second kappa shape index (κ2) is 36.5. The number of aromatic hydroxyl groups is 1. The molecule has 580 valence electrons. The first kappa shape index (κ1) is 77.9. The van der Waals surface area contributed by atoms with Gasteiger partial charge in [-0.05, 0) is 136 Å². The summed E-state index contributed by atoms with van der Waals surface area (Å²) in [5, 5.41) is 77.7. The molecule has 4 saturated heterocycles. The fourth-order valence-corrected chi connectivity index (χ4v) is 18.3. The van der Waals surface area contributed by atoms with Gasteiger partial charge in [0, 0.05) is 149 Å². The van der Waals surface area contributed by atoms with Gasteiger partial charge in [-0.15, -0.1) is 5.10 Å². The molecule has 1 aromatic heterocycles. The third-order valence-electron chi connectivity index (χ3n) is 20.8. The molecule has 6 aromatic rings. The van der Waals surface area contributed by atoms with E-state index in [0.717, 1.165) is 61.2 Å². The van der Waals surface area contributed by atoms with Crippen molar-refractivity contribution in [3.05, 3.63) is 154 Å². The molecule has 6 atom stereocenters. The average Bonchev–Trinajstić information content (AvgIpc) is 1.42. The number of phenolic OH excluding ortho intramolecular Hbond substituents is 1. The minimum absolute atomic E-state index is 0.00250. The molecule has 28 nitrogen and oxygen atoms in total. The molecule has 0 saturated carbocycles. The van der Waals surface area contributed by atoms with E-state index in [1.54, 1.807) is 21.7 Å². The van der Waals surface area contributed by atoms with Crippen molar-refractivity contribution in [1.82, 2.24) is 57.5 Å². The second-order valence-electron chi connectivity index (χ2n) is 28.7. The summed E-state index contributed by atoms with van der Waals surface area (Å²) in [7, 11) is 0. The average molecular weight is 1550 g/mol. The molecule has 7 amide bonds. The Hall–Kier alpha value is -11.3. The summed E-state index contributed by atoms with van der Waals surface area (Å²) in [6.07, 6.45) is 10.6. The van der Waals surface area contributed by atoms with Crippen LogP contribution in [0.25, 0.3) is 55.9 Å². The molecule has 1 aliphatic carbocycles. The zero-order chi connectivity index (χ0) is 77.5. The highest BCUT2D eigenvalue weighted by molar-refractivity contribution is 8.00. The number of aryl methyl sites for hydroxylation is 1. The number of carbonyl (C=O) groups excluding carboxylic acids is 7. The molecule has 13 rings (SSSR count). The Morgan fingerprint density at radius 1 is 0.550 bits per heavy atom. The molecule has 14 N–H and O–H groups in total. The van der Waals surface area contributed by atoms with E-state index < -0.39 is 17.8 Å². The monoisotopic (exact) mass is 1540 g/mol. The maximum absolute atomic E-state index is 14.8. The largest absolute Gasteiger partial charge is 0.508 e. The number of benzene rings is 6. The molecule has 0 spiro atoms. The van der Waals surface area contributed by atoms with Crippen molar-refractivity contribution in [1.29, 1.82) is 10.8 Å². The zero-order valence-corrected chi connectivity index (χ0v) is 63.1. The molecule has 7 aliphatic rings. The molecule has 0 radical (unpaired) electrons. The third kappa shape index (κ3) is 19.5. The summed E-state index contributed by atoms with van der Waals surface area (Å²) in [6, 6.07) is 33.5. The van der Waals surface area contributed by atoms with Gasteiger partial charge in [0.1, 0.15) is 22.8 Å². The van der Waals surface area contributed by atoms with E-state index in [1.165, 1.54) is 60.7 Å². The SMILES string of the molecule is N=C1NC2CSC(CCCCC(=O)NCCCCCC(=O)Nc3cc(NC(=O)CCCCCNC(=O)CCCCC4SCC5NC(=N)NC54)cc(C(=O)NCCC(=O)N4Cc5ccccc5-c5nnn(CCCNC(=O)c6ccc(C(=O)O)c(-c7c8ccc(=O)cc-8oc8cc(O)ccc78)c6)c5-c5ccccc54)c3)C2N1. The molecule has 6 unspecified atom stereocenters. The maximum atomic E-state index is 14.8. The van der Waals surface area contributed by atoms with Crippen molar-refractivity contribution in [3.63, 3.8) is 0 Å². The minimum Gasteiger partial charge on any atom is -0.508 e. The van der Waals surface area contributed by atoms with Crippen LogP contribution in [-0.4, -0.2) is 157 Å². The summed E-state index contributed by atoms with van der Waals surface area (Å²) in [5.41, 5.74) is 5.61. The van der Waals surface area contributed by atoms with Gasteiger partial charge in [0.15, 0.2) is 17.3 Å². The fraction of sp³-hybridized carbons (Fsp3) is 0.395. The number of unbranched alkanes of at least 4 members (excludes halogenated alkanes) is 6. The number of para-hydroxylation sites is 1. The number of amides is 7. The minimum atomic E-state index is -1.25. The number of carboxylic acids is 1. The van der Waals surface area contributed by atoms with Gasteiger partial charge in [-0.3, -0.25) is 49.2 Å². The predicted molar refractivity (Wildman–Crippen MR) is 428 cm³/mol. The standard InChI is InChI=1S/C81H92N16O12S2/c82-80-90-60-45-110-65(74(60)92-80)20-9-11-22-67(100)84-33-13-1-3-24-69(102)88-50-38-49(39-51(41-50)89-70(103)25-4-2-14-34-85-68(101)23-12-10-21-66-75-61(46-111-66)91-81(83)93-75)78(106)87-36-32-71(104)96-44-48-16-5-6-17-54(48)73-76(56-18-7-8-19-62(56)96)97(95-94-73)37-15-35-86-77(105)47-26-29-55(79(107)108)59(40-47)72-57-30-27-52(98)42-63(57)109-64-43-53(99)28-31-58(64)72/h5-8,16-19,26-31,38-43,60-61,65-66,74-75,98H,1-4,9-15,20-25,32-37,44-46H2,(H,84,100)(H,85,101)(H,86,105)(H,87,106)(H,88,102)(H,89,103)(H,107,108)(H3,82,90,92)(H3,83,91,93). The summed E-state index contributed by atoms with van der Waals surface area (Å²) in [6.45, 7) is 1.48. The molecule has 7 heterocycles. The number of phenols is 1. The van der Waals surface area contributed by atoms with E-state index in [9.17, 15) is 53.4 Å². The van der Waals surface area contributed by atoms with Gasteiger partial charge in [0.05, 0.1) is 47.7 Å². The Morgan fingerprint density at radius 2 is 1.14 bits per heavy atom. The summed E-state index contributed by atoms with van der Waals surface area (Å²) >= 11 is 3.82. The molecule has 5 aromatic carbocycles. The van der Waals surface area contributed by atoms with Crippen LogP contribution in [0.15, 0.2) is 131 Å². The summed E-state index contributed by atoms with van der Waals surface area (Å²) < 4.78 is 7.73. The number of hydrogen-bond acceptors (Lipinski definition) is 17. The second-order valence-corrected chi connectivity index (χ2v) is 31.2. The number of nitrogens with zero attached hydrogens (tertiary/aromatic N) is 4. The first-order valence-corrected chi connectivity index (χ1v) is 40.3. The highest BCUT2D eigenvalue weighted by Gasteiger charge is 2.43. The predicted octanol–water partition coefficient (Wildman–Crippen LogP) is 9.69. The topological polar surface area (TPSA) is 409 Å². The van der Waals surface area contributed by atoms with Gasteiger partial charge in [-0.2, -0.15) is 23.5 Å². The van der Waals surface area contributed by atoms with Crippen LogP contribution >= 0.6 is 23.5 Å². The lowest BCUT2D eigenvalue weighted by Crippen LogP contribution is -2.36. The lowest BCUT2D eigenvalue weighted by atomic mass is 9.89. The van der Waals surface area contributed by atoms with E-state index in [1.807, 2.05) is 72.1 Å². The van der Waals surface area contributed by atoms with E-state index in [2.05, 4.69) is 58.4 Å². The van der Waals surface area contributed by atoms with Crippen LogP contribution in [0.5, 0.6) is 5.75 Å². The number of carboxylic acid groups (broad SMARTS) is 1. The Balaban J connectivity index is 0.615. The lowest BCUT2D eigenvalue weighted by Gasteiger charge is -2.29. The first-order valence-electron chi connectivity index (χ1n) is 38.2. The Bertz CT molecular complexity index is 4770. The number of rotatable bonds is 35. The van der Waals surface area contributed by atoms with Crippen LogP contribution < -0.4 is 63.5 Å². The van der Waals surface area contributed by atoms with Gasteiger partial charge >= 0.3 is 5.97 Å². The zero-order valence-electron chi connectivity index (χ0n) is 61.5. The Kier molecular flexibility index (Phi) is 25.6. The number of aromatic carboxylic acids is 1. The van der Waals surface area contributed by atoms with Crippen molar-refractivity contribution in [3.8, 4) is 50.7 Å². The number of hydrogen-bond donors (Lipinski definition) is 14. The van der Waals surface area contributed by atoms with Crippen LogP contribution in [0.1, 0.15) is 152 Å². The van der Waals surface area contributed by atoms with Crippen molar-refractivity contribution >= 4 is 111 Å². The summed E-state index contributed by atoms with van der Waals surface area (Å²) in [4.78, 5) is 122. The number of nitrogens with one attached hydrogen (secondary N) is 12. The van der Waals surface area contributed by atoms with E-state index >= 15 is 0 Å². The highest BCUT2D eigenvalue weighted by Crippen LogP contribution is 2.44. The van der Waals surface area contributed by atoms with Gasteiger partial charge in [0.25, 0.3) is 11.8 Å². The lowest BCUT2D eigenvalue weighted by molar-refractivity contribution is -0.122. The Labute approximate surface area is 649 Å². The van der Waals surface area contributed by atoms with Crippen molar-refractivity contribution in [2.75, 3.05) is 53.2 Å². The molecule has 30 heteroatoms. The van der Waals surface area contributed by atoms with Crippen LogP contribution in [-0.2, 0) is 37.1 Å². The van der Waals surface area contributed by atoms with Gasteiger partial charge in [-0.1, -0.05) is 73.4 Å². The van der Waals surface area contributed by atoms with Crippen LogP contribution in [0, 0.1) is 10.8 Å². The van der Waals surface area contributed by atoms with Crippen LogP contribution in [0.3, 0.4) is 0 Å². The number of aromatic nitrogens is 3. The van der Waals surface area contributed by atoms with Crippen LogP contribution in [0.4, 0.5) is 17.1 Å². The number of carbonyl (C=O) groups is 8. The number of guanidine groups is 2. The number of anilines is 3. The number of thioether (sulfide) groups is 2. The normalized spacial score (nSPS) is 17.8. The molecule has 6 aliphatic heterocycles. The smallest absolute Gasteiger partial charge is 0.336 e. The van der Waals surface area contributed by atoms with Gasteiger partial charge in [-0.25, -0.2) is 9.48 Å². The van der Waals surface area contributed by atoms with Gasteiger partial charge < -0.3 is 72.7 Å². The number of fused-ring (bicyclic) bond motifs is 9. The van der Waals surface area contributed by atoms with Crippen LogP contribution in [0.2, 0.25) is 0 Å². The quantitative estimate of drug-likeness (QED) is 0.0130.